The largest absolute Gasteiger partial charge is 0.343 e. The van der Waals surface area contributed by atoms with E-state index in [9.17, 15) is 9.59 Å². The van der Waals surface area contributed by atoms with Gasteiger partial charge in [-0.2, -0.15) is 0 Å². The lowest BCUT2D eigenvalue weighted by Gasteiger charge is -2.25. The Hall–Kier alpha value is -1.98. The van der Waals surface area contributed by atoms with E-state index in [0.717, 1.165) is 34.3 Å². The molecule has 0 spiro atoms. The van der Waals surface area contributed by atoms with E-state index in [2.05, 4.69) is 38.3 Å². The molecule has 0 aliphatic carbocycles. The van der Waals surface area contributed by atoms with Crippen LogP contribution in [0.2, 0.25) is 5.02 Å². The highest BCUT2D eigenvalue weighted by molar-refractivity contribution is 8.18. The number of imide groups is 1. The molecule has 0 unspecified atom stereocenters. The smallest absolute Gasteiger partial charge is 0.293 e. The summed E-state index contributed by atoms with van der Waals surface area (Å²) in [6.45, 7) is 10.8. The van der Waals surface area contributed by atoms with Crippen LogP contribution < -0.4 is 0 Å². The molecule has 27 heavy (non-hydrogen) atoms. The molecule has 0 bridgehead atoms. The van der Waals surface area contributed by atoms with Crippen LogP contribution in [0.1, 0.15) is 43.3 Å². The molecule has 0 atom stereocenters. The Morgan fingerprint density at radius 3 is 2.30 bits per heavy atom. The average Bonchev–Trinajstić information content (AvgIpc) is 2.99. The summed E-state index contributed by atoms with van der Waals surface area (Å²) < 4.78 is 2.25. The molecule has 142 valence electrons. The normalized spacial score (nSPS) is 16.7. The fraction of sp³-hybridized carbons (Fsp3) is 0.333. The number of amides is 2. The molecule has 3 rings (SSSR count). The van der Waals surface area contributed by atoms with Crippen molar-refractivity contribution in [3.8, 4) is 0 Å². The maximum Gasteiger partial charge on any atom is 0.293 e. The van der Waals surface area contributed by atoms with Crippen molar-refractivity contribution in [2.45, 2.75) is 46.7 Å². The van der Waals surface area contributed by atoms with Crippen LogP contribution in [0.25, 0.3) is 6.08 Å². The Balaban J connectivity index is 1.88. The average molecular weight is 403 g/mol. The van der Waals surface area contributed by atoms with E-state index < -0.39 is 0 Å². The minimum absolute atomic E-state index is 0.0474. The van der Waals surface area contributed by atoms with E-state index in [1.165, 1.54) is 4.90 Å². The summed E-state index contributed by atoms with van der Waals surface area (Å²) in [6, 6.07) is 9.23. The van der Waals surface area contributed by atoms with E-state index >= 15 is 0 Å². The first-order chi connectivity index (χ1) is 12.6. The molecule has 1 aliphatic rings. The predicted molar refractivity (Wildman–Crippen MR) is 112 cm³/mol. The lowest BCUT2D eigenvalue weighted by Crippen LogP contribution is -2.27. The summed E-state index contributed by atoms with van der Waals surface area (Å²) in [4.78, 5) is 26.9. The van der Waals surface area contributed by atoms with Crippen LogP contribution in [0.3, 0.4) is 0 Å². The number of benzene rings is 1. The van der Waals surface area contributed by atoms with E-state index in [1.807, 2.05) is 25.1 Å². The zero-order chi connectivity index (χ0) is 19.9. The minimum atomic E-state index is -0.250. The Labute approximate surface area is 169 Å². The summed E-state index contributed by atoms with van der Waals surface area (Å²) in [5.41, 5.74) is 4.01. The molecule has 1 fully saturated rings. The van der Waals surface area contributed by atoms with Crippen LogP contribution in [-0.2, 0) is 16.9 Å². The van der Waals surface area contributed by atoms with Crippen LogP contribution in [0.4, 0.5) is 4.79 Å². The third-order valence-corrected chi connectivity index (χ3v) is 5.71. The molecule has 6 heteroatoms. The van der Waals surface area contributed by atoms with E-state index in [-0.39, 0.29) is 23.2 Å². The molecule has 1 aliphatic heterocycles. The Morgan fingerprint density at radius 2 is 1.74 bits per heavy atom. The summed E-state index contributed by atoms with van der Waals surface area (Å²) >= 11 is 6.89. The highest BCUT2D eigenvalue weighted by Gasteiger charge is 2.35. The first kappa shape index (κ1) is 19.8. The minimum Gasteiger partial charge on any atom is -0.343 e. The van der Waals surface area contributed by atoms with Gasteiger partial charge in [-0.15, -0.1) is 0 Å². The molecule has 0 radical (unpaired) electrons. The van der Waals surface area contributed by atoms with Gasteiger partial charge < -0.3 is 4.57 Å². The van der Waals surface area contributed by atoms with Gasteiger partial charge in [-0.05, 0) is 81.8 Å². The van der Waals surface area contributed by atoms with Gasteiger partial charge in [0.2, 0.25) is 0 Å². The van der Waals surface area contributed by atoms with Gasteiger partial charge in [0.05, 0.1) is 11.4 Å². The van der Waals surface area contributed by atoms with Crippen LogP contribution in [-0.4, -0.2) is 20.6 Å². The standard InChI is InChI=1S/C21H23ClN2O2S/c1-13-10-16(14(2)24(13)21(3,4)5)11-18-19(25)23(20(26)27-18)12-15-6-8-17(22)9-7-15/h6-11H,12H2,1-5H3/b18-11+. The summed E-state index contributed by atoms with van der Waals surface area (Å²) in [5.74, 6) is -0.250. The van der Waals surface area contributed by atoms with Gasteiger partial charge in [0.25, 0.3) is 11.1 Å². The summed E-state index contributed by atoms with van der Waals surface area (Å²) in [6.07, 6.45) is 1.83. The Morgan fingerprint density at radius 1 is 1.11 bits per heavy atom. The van der Waals surface area contributed by atoms with Crippen molar-refractivity contribution in [1.82, 2.24) is 9.47 Å². The van der Waals surface area contributed by atoms with Crippen molar-refractivity contribution < 1.29 is 9.59 Å². The number of aryl methyl sites for hydroxylation is 1. The monoisotopic (exact) mass is 402 g/mol. The van der Waals surface area contributed by atoms with Crippen molar-refractivity contribution in [1.29, 1.82) is 0 Å². The van der Waals surface area contributed by atoms with E-state index in [1.54, 1.807) is 12.1 Å². The number of carbonyl (C=O) groups excluding carboxylic acids is 2. The van der Waals surface area contributed by atoms with Gasteiger partial charge in [-0.3, -0.25) is 14.5 Å². The summed E-state index contributed by atoms with van der Waals surface area (Å²) in [5, 5.41) is 0.382. The van der Waals surface area contributed by atoms with Crippen molar-refractivity contribution in [3.05, 3.63) is 62.8 Å². The molecular weight excluding hydrogens is 380 g/mol. The quantitative estimate of drug-likeness (QED) is 0.614. The number of thioether (sulfide) groups is 1. The molecule has 1 aromatic carbocycles. The fourth-order valence-corrected chi connectivity index (χ4v) is 4.47. The topological polar surface area (TPSA) is 42.3 Å². The van der Waals surface area contributed by atoms with Crippen molar-refractivity contribution in [2.75, 3.05) is 0 Å². The number of carbonyl (C=O) groups is 2. The van der Waals surface area contributed by atoms with Crippen molar-refractivity contribution in [2.24, 2.45) is 0 Å². The van der Waals surface area contributed by atoms with Gasteiger partial charge in [-0.1, -0.05) is 23.7 Å². The number of aromatic nitrogens is 1. The number of rotatable bonds is 3. The predicted octanol–water partition coefficient (Wildman–Crippen LogP) is 5.75. The Kier molecular flexibility index (Phi) is 5.28. The molecular formula is C21H23ClN2O2S. The SMILES string of the molecule is Cc1cc(/C=C2/SC(=O)N(Cc3ccc(Cl)cc3)C2=O)c(C)n1C(C)(C)C. The highest BCUT2D eigenvalue weighted by Crippen LogP contribution is 2.35. The third-order valence-electron chi connectivity index (χ3n) is 4.56. The lowest BCUT2D eigenvalue weighted by atomic mass is 10.1. The highest BCUT2D eigenvalue weighted by atomic mass is 35.5. The molecule has 2 aromatic rings. The second-order valence-electron chi connectivity index (χ2n) is 7.73. The maximum atomic E-state index is 12.8. The van der Waals surface area contributed by atoms with Crippen molar-refractivity contribution >= 4 is 40.6 Å². The first-order valence-corrected chi connectivity index (χ1v) is 9.96. The molecule has 2 heterocycles. The van der Waals surface area contributed by atoms with Crippen LogP contribution >= 0.6 is 23.4 Å². The number of hydrogen-bond donors (Lipinski definition) is 0. The number of halogens is 1. The van der Waals surface area contributed by atoms with Crippen LogP contribution in [0.15, 0.2) is 35.2 Å². The van der Waals surface area contributed by atoms with Gasteiger partial charge in [0.1, 0.15) is 0 Å². The molecule has 1 aromatic heterocycles. The fourth-order valence-electron chi connectivity index (χ4n) is 3.52. The summed E-state index contributed by atoms with van der Waals surface area (Å²) in [7, 11) is 0. The maximum absolute atomic E-state index is 12.8. The second kappa shape index (κ2) is 7.21. The van der Waals surface area contributed by atoms with Gasteiger partial charge in [-0.25, -0.2) is 0 Å². The molecule has 2 amide bonds. The zero-order valence-corrected chi connectivity index (χ0v) is 17.7. The van der Waals surface area contributed by atoms with Crippen LogP contribution in [0.5, 0.6) is 0 Å². The molecule has 1 saturated heterocycles. The first-order valence-electron chi connectivity index (χ1n) is 8.77. The van der Waals surface area contributed by atoms with Crippen molar-refractivity contribution in [3.63, 3.8) is 0 Å². The van der Waals surface area contributed by atoms with Gasteiger partial charge >= 0.3 is 0 Å². The molecule has 0 saturated carbocycles. The molecule has 4 nitrogen and oxygen atoms in total. The lowest BCUT2D eigenvalue weighted by molar-refractivity contribution is -0.123. The van der Waals surface area contributed by atoms with Gasteiger partial charge in [0.15, 0.2) is 0 Å². The second-order valence-corrected chi connectivity index (χ2v) is 9.16. The van der Waals surface area contributed by atoms with Gasteiger partial charge in [0, 0.05) is 21.9 Å². The zero-order valence-electron chi connectivity index (χ0n) is 16.2. The number of nitrogens with zero attached hydrogens (tertiary/aromatic N) is 2. The van der Waals surface area contributed by atoms with E-state index in [4.69, 9.17) is 11.6 Å². The number of hydrogen-bond acceptors (Lipinski definition) is 3. The third kappa shape index (κ3) is 3.99. The Bertz CT molecular complexity index is 936. The van der Waals surface area contributed by atoms with E-state index in [0.29, 0.717) is 9.93 Å². The molecule has 0 N–H and O–H groups in total. The van der Waals surface area contributed by atoms with Crippen LogP contribution in [0, 0.1) is 13.8 Å².